The molecule has 234 valence electrons. The number of hydrogen-bond donors (Lipinski definition) is 0. The van der Waals surface area contributed by atoms with E-state index in [1.807, 2.05) is 46.2 Å². The predicted octanol–water partition coefficient (Wildman–Crippen LogP) is 5.98. The molecule has 1 aliphatic carbocycles. The summed E-state index contributed by atoms with van der Waals surface area (Å²) in [5.41, 5.74) is 3.83. The Morgan fingerprint density at radius 2 is 1.64 bits per heavy atom. The van der Waals surface area contributed by atoms with E-state index in [1.54, 1.807) is 21.3 Å². The molecule has 5 rings (SSSR count). The lowest BCUT2D eigenvalue weighted by molar-refractivity contribution is -0.132. The molecule has 9 heteroatoms. The van der Waals surface area contributed by atoms with E-state index in [0.29, 0.717) is 48.3 Å². The summed E-state index contributed by atoms with van der Waals surface area (Å²) >= 11 is 6.49. The third-order valence-electron chi connectivity index (χ3n) is 8.43. The lowest BCUT2D eigenvalue weighted by Crippen LogP contribution is -2.38. The van der Waals surface area contributed by atoms with Crippen molar-refractivity contribution < 1.29 is 23.8 Å². The molecular weight excluding hydrogens is 578 g/mol. The van der Waals surface area contributed by atoms with Gasteiger partial charge in [-0.3, -0.25) is 14.5 Å². The summed E-state index contributed by atoms with van der Waals surface area (Å²) in [5.74, 6) is 1.91. The van der Waals surface area contributed by atoms with Crippen molar-refractivity contribution in [3.63, 3.8) is 0 Å². The highest BCUT2D eigenvalue weighted by atomic mass is 35.5. The molecule has 1 aliphatic heterocycles. The van der Waals surface area contributed by atoms with Gasteiger partial charge in [0.05, 0.1) is 27.0 Å². The second kappa shape index (κ2) is 14.8. The Balaban J connectivity index is 1.42. The summed E-state index contributed by atoms with van der Waals surface area (Å²) in [6.45, 7) is 3.88. The molecule has 0 radical (unpaired) electrons. The Labute approximate surface area is 265 Å². The van der Waals surface area contributed by atoms with Crippen LogP contribution in [0.5, 0.6) is 17.2 Å². The summed E-state index contributed by atoms with van der Waals surface area (Å²) in [4.78, 5) is 33.7. The average Bonchev–Trinajstić information content (AvgIpc) is 3.89. The van der Waals surface area contributed by atoms with Crippen molar-refractivity contribution in [1.82, 2.24) is 9.80 Å². The number of anilines is 1. The Morgan fingerprint density at radius 1 is 0.864 bits per heavy atom. The predicted molar refractivity (Wildman–Crippen MR) is 173 cm³/mol. The first-order chi connectivity index (χ1) is 21.4. The van der Waals surface area contributed by atoms with Crippen LogP contribution in [0.4, 0.5) is 5.69 Å². The maximum atomic E-state index is 14.0. The van der Waals surface area contributed by atoms with Gasteiger partial charge in [-0.25, -0.2) is 0 Å². The highest BCUT2D eigenvalue weighted by Gasteiger charge is 2.35. The number of fused-ring (bicyclic) bond motifs is 1. The maximum absolute atomic E-state index is 14.0. The molecule has 44 heavy (non-hydrogen) atoms. The van der Waals surface area contributed by atoms with E-state index in [4.69, 9.17) is 25.8 Å². The molecule has 2 aliphatic rings. The molecule has 0 atom stereocenters. The molecule has 2 amide bonds. The van der Waals surface area contributed by atoms with Crippen LogP contribution >= 0.6 is 11.6 Å². The van der Waals surface area contributed by atoms with E-state index < -0.39 is 0 Å². The largest absolute Gasteiger partial charge is 0.493 e. The van der Waals surface area contributed by atoms with Gasteiger partial charge >= 0.3 is 0 Å². The first-order valence-corrected chi connectivity index (χ1v) is 15.7. The van der Waals surface area contributed by atoms with Gasteiger partial charge in [0.1, 0.15) is 0 Å². The lowest BCUT2D eigenvalue weighted by atomic mass is 10.1. The fourth-order valence-corrected chi connectivity index (χ4v) is 6.07. The smallest absolute Gasteiger partial charge is 0.230 e. The summed E-state index contributed by atoms with van der Waals surface area (Å²) in [7, 11) is 4.75. The number of nitrogens with zero attached hydrogens (tertiary/aromatic N) is 3. The zero-order chi connectivity index (χ0) is 31.1. The van der Waals surface area contributed by atoms with E-state index in [2.05, 4.69) is 29.2 Å². The van der Waals surface area contributed by atoms with Crippen LogP contribution in [0.3, 0.4) is 0 Å². The first kappa shape index (κ1) is 31.7. The van der Waals surface area contributed by atoms with Gasteiger partial charge in [-0.1, -0.05) is 54.1 Å². The summed E-state index contributed by atoms with van der Waals surface area (Å²) < 4.78 is 16.7. The van der Waals surface area contributed by atoms with Crippen LogP contribution < -0.4 is 19.1 Å². The van der Waals surface area contributed by atoms with Crippen molar-refractivity contribution in [3.05, 3.63) is 82.4 Å². The molecule has 3 aromatic carbocycles. The van der Waals surface area contributed by atoms with Gasteiger partial charge < -0.3 is 24.0 Å². The van der Waals surface area contributed by atoms with Gasteiger partial charge in [0, 0.05) is 56.6 Å². The topological polar surface area (TPSA) is 71.6 Å². The number of methoxy groups -OCH3 is 3. The number of benzene rings is 3. The average molecular weight is 620 g/mol. The number of hydrogen-bond acceptors (Lipinski definition) is 6. The monoisotopic (exact) mass is 619 g/mol. The van der Waals surface area contributed by atoms with Crippen LogP contribution in [0.2, 0.25) is 5.02 Å². The second-order valence-corrected chi connectivity index (χ2v) is 11.9. The minimum Gasteiger partial charge on any atom is -0.493 e. The van der Waals surface area contributed by atoms with E-state index in [0.717, 1.165) is 55.7 Å². The van der Waals surface area contributed by atoms with Crippen LogP contribution in [0.25, 0.3) is 0 Å². The van der Waals surface area contributed by atoms with Crippen molar-refractivity contribution in [1.29, 1.82) is 0 Å². The molecule has 8 nitrogen and oxygen atoms in total. The molecule has 1 heterocycles. The van der Waals surface area contributed by atoms with Gasteiger partial charge in [0.25, 0.3) is 0 Å². The van der Waals surface area contributed by atoms with Crippen LogP contribution in [-0.2, 0) is 29.1 Å². The zero-order valence-corrected chi connectivity index (χ0v) is 26.6. The van der Waals surface area contributed by atoms with Crippen molar-refractivity contribution in [2.75, 3.05) is 52.4 Å². The van der Waals surface area contributed by atoms with E-state index >= 15 is 0 Å². The third kappa shape index (κ3) is 7.66. The van der Waals surface area contributed by atoms with Crippen molar-refractivity contribution in [3.8, 4) is 17.2 Å². The molecule has 0 N–H and O–H groups in total. The summed E-state index contributed by atoms with van der Waals surface area (Å²) in [6.07, 6.45) is 3.44. The SMILES string of the molecule is COc1ccc(CCC(=O)N2CCN(Cc3ccccc3)CCCN(C(=O)C3CC3)c3cc(Cl)ccc3C2)c(OC)c1OC. The van der Waals surface area contributed by atoms with Crippen LogP contribution in [0.15, 0.2) is 60.7 Å². The quantitative estimate of drug-likeness (QED) is 0.294. The molecule has 0 spiro atoms. The Bertz CT molecular complexity index is 1450. The molecule has 0 saturated heterocycles. The van der Waals surface area contributed by atoms with Crippen LogP contribution in [0, 0.1) is 5.92 Å². The van der Waals surface area contributed by atoms with E-state index in [9.17, 15) is 9.59 Å². The van der Waals surface area contributed by atoms with E-state index in [1.165, 1.54) is 5.56 Å². The summed E-state index contributed by atoms with van der Waals surface area (Å²) in [5, 5.41) is 0.580. The number of aryl methyl sites for hydroxylation is 1. The van der Waals surface area contributed by atoms with Crippen molar-refractivity contribution >= 4 is 29.1 Å². The minimum atomic E-state index is 0.0294. The Morgan fingerprint density at radius 3 is 2.34 bits per heavy atom. The Kier molecular flexibility index (Phi) is 10.7. The molecule has 1 saturated carbocycles. The summed E-state index contributed by atoms with van der Waals surface area (Å²) in [6, 6.07) is 19.8. The van der Waals surface area contributed by atoms with Crippen LogP contribution in [0.1, 0.15) is 42.4 Å². The molecule has 0 bridgehead atoms. The fraction of sp³-hybridized carbons (Fsp3) is 0.429. The number of halogens is 1. The fourth-order valence-electron chi connectivity index (χ4n) is 5.91. The van der Waals surface area contributed by atoms with Gasteiger partial charge in [-0.15, -0.1) is 0 Å². The molecule has 0 aromatic heterocycles. The molecule has 0 unspecified atom stereocenters. The lowest BCUT2D eigenvalue weighted by Gasteiger charge is -2.28. The van der Waals surface area contributed by atoms with Crippen molar-refractivity contribution in [2.24, 2.45) is 5.92 Å². The van der Waals surface area contributed by atoms with Crippen molar-refractivity contribution in [2.45, 2.75) is 45.2 Å². The van der Waals surface area contributed by atoms with Gasteiger partial charge in [0.2, 0.25) is 17.6 Å². The molecular formula is C35H42ClN3O5. The van der Waals surface area contributed by atoms with Crippen LogP contribution in [-0.4, -0.2) is 69.1 Å². The highest BCUT2D eigenvalue weighted by Crippen LogP contribution is 2.40. The van der Waals surface area contributed by atoms with Gasteiger partial charge in [-0.05, 0) is 60.6 Å². The molecule has 1 fully saturated rings. The zero-order valence-electron chi connectivity index (χ0n) is 25.9. The second-order valence-electron chi connectivity index (χ2n) is 11.5. The number of rotatable bonds is 9. The first-order valence-electron chi connectivity index (χ1n) is 15.3. The van der Waals surface area contributed by atoms with Gasteiger partial charge in [-0.2, -0.15) is 0 Å². The van der Waals surface area contributed by atoms with Gasteiger partial charge in [0.15, 0.2) is 11.5 Å². The number of carbonyl (C=O) groups is 2. The Hall–Kier alpha value is -3.75. The van der Waals surface area contributed by atoms with E-state index in [-0.39, 0.29) is 24.2 Å². The highest BCUT2D eigenvalue weighted by molar-refractivity contribution is 6.31. The standard InChI is InChI=1S/C35H42ClN3O5/c1-42-31-16-13-26(33(43-2)34(31)44-3)14-17-32(40)38-21-20-37(23-25-8-5-4-6-9-25)18-7-19-39(35(41)27-10-11-27)30-22-29(36)15-12-28(30)24-38/h4-6,8-9,12-13,15-16,22,27H,7,10-11,14,17-21,23-24H2,1-3H3. The molecule has 3 aromatic rings. The minimum absolute atomic E-state index is 0.0294. The maximum Gasteiger partial charge on any atom is 0.230 e. The number of carbonyl (C=O) groups excluding carboxylic acids is 2. The third-order valence-corrected chi connectivity index (χ3v) is 8.66. The number of amides is 2. The number of ether oxygens (including phenoxy) is 3. The normalized spacial score (nSPS) is 16.1.